The molecule has 0 aliphatic heterocycles. The molecular weight excluding hydrogens is 263 g/mol. The number of carboxylic acids is 1. The van der Waals surface area contributed by atoms with E-state index in [-0.39, 0.29) is 17.7 Å². The molecule has 2 aromatic rings. The Balaban J connectivity index is 2.11. The number of nitrogens with zero attached hydrogens (tertiary/aromatic N) is 1. The van der Waals surface area contributed by atoms with E-state index in [1.165, 1.54) is 36.7 Å². The summed E-state index contributed by atoms with van der Waals surface area (Å²) in [4.78, 5) is 26.6. The zero-order valence-corrected chi connectivity index (χ0v) is 10.3. The van der Waals surface area contributed by atoms with Gasteiger partial charge in [-0.15, -0.1) is 0 Å². The summed E-state index contributed by atoms with van der Waals surface area (Å²) in [6, 6.07) is 6.95. The summed E-state index contributed by atoms with van der Waals surface area (Å²) in [7, 11) is 0. The number of amides is 1. The molecule has 0 aliphatic carbocycles. The maximum absolute atomic E-state index is 13.0. The van der Waals surface area contributed by atoms with Crippen LogP contribution in [-0.4, -0.2) is 22.0 Å². The minimum atomic E-state index is -1.16. The maximum Gasteiger partial charge on any atom is 0.337 e. The van der Waals surface area contributed by atoms with Gasteiger partial charge in [-0.3, -0.25) is 9.78 Å². The molecule has 0 atom stereocenters. The van der Waals surface area contributed by atoms with Crippen LogP contribution in [0.5, 0.6) is 0 Å². The fourth-order valence-corrected chi connectivity index (χ4v) is 1.71. The number of rotatable bonds is 4. The Hall–Kier alpha value is -2.76. The van der Waals surface area contributed by atoms with Gasteiger partial charge in [0.1, 0.15) is 5.82 Å². The van der Waals surface area contributed by atoms with Crippen molar-refractivity contribution < 1.29 is 19.1 Å². The Morgan fingerprint density at radius 1 is 1.30 bits per heavy atom. The van der Waals surface area contributed by atoms with Gasteiger partial charge >= 0.3 is 5.97 Å². The number of hydrogen-bond donors (Lipinski definition) is 2. The lowest BCUT2D eigenvalue weighted by molar-refractivity contribution is -0.115. The van der Waals surface area contributed by atoms with E-state index < -0.39 is 17.7 Å². The number of halogens is 1. The SMILES string of the molecule is O=C(Cc1cccc(F)c1)Nc1cnccc1C(=O)O. The zero-order valence-electron chi connectivity index (χ0n) is 10.3. The normalized spacial score (nSPS) is 10.1. The molecule has 0 fully saturated rings. The molecular formula is C14H11FN2O3. The molecule has 0 unspecified atom stereocenters. The van der Waals surface area contributed by atoms with Crippen molar-refractivity contribution in [1.29, 1.82) is 0 Å². The van der Waals surface area contributed by atoms with E-state index in [0.717, 1.165) is 0 Å². The lowest BCUT2D eigenvalue weighted by Crippen LogP contribution is -2.17. The lowest BCUT2D eigenvalue weighted by Gasteiger charge is -2.07. The highest BCUT2D eigenvalue weighted by Crippen LogP contribution is 2.14. The van der Waals surface area contributed by atoms with Crippen LogP contribution in [0.4, 0.5) is 10.1 Å². The first-order valence-electron chi connectivity index (χ1n) is 5.78. The molecule has 2 rings (SSSR count). The number of aromatic nitrogens is 1. The Kier molecular flexibility index (Phi) is 4.05. The van der Waals surface area contributed by atoms with Gasteiger partial charge in [0.25, 0.3) is 0 Å². The van der Waals surface area contributed by atoms with Crippen LogP contribution in [0, 0.1) is 5.82 Å². The first kappa shape index (κ1) is 13.7. The number of benzene rings is 1. The minimum absolute atomic E-state index is 0.0485. The smallest absolute Gasteiger partial charge is 0.337 e. The third-order valence-electron chi connectivity index (χ3n) is 2.58. The van der Waals surface area contributed by atoms with Gasteiger partial charge in [-0.25, -0.2) is 9.18 Å². The van der Waals surface area contributed by atoms with E-state index >= 15 is 0 Å². The van der Waals surface area contributed by atoms with E-state index in [2.05, 4.69) is 10.3 Å². The third kappa shape index (κ3) is 3.38. The van der Waals surface area contributed by atoms with Gasteiger partial charge in [-0.2, -0.15) is 0 Å². The van der Waals surface area contributed by atoms with Gasteiger partial charge in [0.2, 0.25) is 5.91 Å². The lowest BCUT2D eigenvalue weighted by atomic mass is 10.1. The number of pyridine rings is 1. The van der Waals surface area contributed by atoms with Gasteiger partial charge in [0, 0.05) is 6.20 Å². The summed E-state index contributed by atoms with van der Waals surface area (Å²) in [5, 5.41) is 11.4. The molecule has 5 nitrogen and oxygen atoms in total. The predicted molar refractivity (Wildman–Crippen MR) is 69.9 cm³/mol. The molecule has 102 valence electrons. The predicted octanol–water partition coefficient (Wildman–Crippen LogP) is 2.10. The number of hydrogen-bond acceptors (Lipinski definition) is 3. The van der Waals surface area contributed by atoms with Crippen molar-refractivity contribution in [3.8, 4) is 0 Å². The summed E-state index contributed by atoms with van der Waals surface area (Å²) < 4.78 is 13.0. The van der Waals surface area contributed by atoms with Crippen molar-refractivity contribution in [2.75, 3.05) is 5.32 Å². The van der Waals surface area contributed by atoms with Gasteiger partial charge in [-0.1, -0.05) is 12.1 Å². The molecule has 20 heavy (non-hydrogen) atoms. The number of carbonyl (C=O) groups excluding carboxylic acids is 1. The van der Waals surface area contributed by atoms with E-state index in [1.807, 2.05) is 0 Å². The summed E-state index contributed by atoms with van der Waals surface area (Å²) in [6.07, 6.45) is 2.53. The molecule has 1 amide bonds. The average Bonchev–Trinajstić information content (AvgIpc) is 2.38. The van der Waals surface area contributed by atoms with Crippen LogP contribution in [-0.2, 0) is 11.2 Å². The standard InChI is InChI=1S/C14H11FN2O3/c15-10-3-1-2-9(6-10)7-13(18)17-12-8-16-5-4-11(12)14(19)20/h1-6,8H,7H2,(H,17,18)(H,19,20). The molecule has 0 aliphatic rings. The van der Waals surface area contributed by atoms with Crippen LogP contribution in [0.1, 0.15) is 15.9 Å². The summed E-state index contributed by atoms with van der Waals surface area (Å²) in [5.74, 6) is -2.03. The van der Waals surface area contributed by atoms with Crippen LogP contribution in [0.2, 0.25) is 0 Å². The zero-order chi connectivity index (χ0) is 14.5. The van der Waals surface area contributed by atoms with Crippen LogP contribution in [0.25, 0.3) is 0 Å². The highest BCUT2D eigenvalue weighted by atomic mass is 19.1. The van der Waals surface area contributed by atoms with Crippen molar-refractivity contribution in [3.05, 3.63) is 59.7 Å². The molecule has 1 aromatic heterocycles. The van der Waals surface area contributed by atoms with E-state index in [0.29, 0.717) is 5.56 Å². The second kappa shape index (κ2) is 5.92. The summed E-state index contributed by atoms with van der Waals surface area (Å²) in [6.45, 7) is 0. The van der Waals surface area contributed by atoms with Crippen LogP contribution in [0.3, 0.4) is 0 Å². The fraction of sp³-hybridized carbons (Fsp3) is 0.0714. The van der Waals surface area contributed by atoms with Gasteiger partial charge in [0.15, 0.2) is 0 Å². The number of carboxylic acid groups (broad SMARTS) is 1. The quantitative estimate of drug-likeness (QED) is 0.894. The van der Waals surface area contributed by atoms with Crippen molar-refractivity contribution in [3.63, 3.8) is 0 Å². The van der Waals surface area contributed by atoms with Crippen LogP contribution < -0.4 is 5.32 Å². The molecule has 6 heteroatoms. The fourth-order valence-electron chi connectivity index (χ4n) is 1.71. The number of carbonyl (C=O) groups is 2. The van der Waals surface area contributed by atoms with E-state index in [1.54, 1.807) is 6.07 Å². The third-order valence-corrected chi connectivity index (χ3v) is 2.58. The van der Waals surface area contributed by atoms with Gasteiger partial charge in [0.05, 0.1) is 23.9 Å². The van der Waals surface area contributed by atoms with Crippen molar-refractivity contribution in [2.45, 2.75) is 6.42 Å². The van der Waals surface area contributed by atoms with Crippen LogP contribution >= 0.6 is 0 Å². The summed E-state index contributed by atoms with van der Waals surface area (Å²) >= 11 is 0. The topological polar surface area (TPSA) is 79.3 Å². The Morgan fingerprint density at radius 3 is 2.80 bits per heavy atom. The first-order valence-corrected chi connectivity index (χ1v) is 5.78. The molecule has 1 heterocycles. The Bertz CT molecular complexity index is 658. The van der Waals surface area contributed by atoms with E-state index in [4.69, 9.17) is 5.11 Å². The molecule has 0 saturated heterocycles. The largest absolute Gasteiger partial charge is 0.478 e. The maximum atomic E-state index is 13.0. The number of anilines is 1. The molecule has 1 aromatic carbocycles. The Morgan fingerprint density at radius 2 is 2.10 bits per heavy atom. The summed E-state index contributed by atoms with van der Waals surface area (Å²) in [5.41, 5.74) is 0.567. The molecule has 0 spiro atoms. The Labute approximate surface area is 114 Å². The minimum Gasteiger partial charge on any atom is -0.478 e. The average molecular weight is 274 g/mol. The second-order valence-electron chi connectivity index (χ2n) is 4.08. The van der Waals surface area contributed by atoms with Crippen LogP contribution in [0.15, 0.2) is 42.7 Å². The molecule has 0 radical (unpaired) electrons. The van der Waals surface area contributed by atoms with E-state index in [9.17, 15) is 14.0 Å². The van der Waals surface area contributed by atoms with Crippen molar-refractivity contribution in [2.24, 2.45) is 0 Å². The molecule has 0 saturated carbocycles. The first-order chi connectivity index (χ1) is 9.56. The highest BCUT2D eigenvalue weighted by molar-refractivity contribution is 6.00. The molecule has 2 N–H and O–H groups in total. The second-order valence-corrected chi connectivity index (χ2v) is 4.08. The van der Waals surface area contributed by atoms with Gasteiger partial charge in [-0.05, 0) is 23.8 Å². The number of nitrogens with one attached hydrogen (secondary N) is 1. The van der Waals surface area contributed by atoms with Gasteiger partial charge < -0.3 is 10.4 Å². The number of aromatic carboxylic acids is 1. The monoisotopic (exact) mass is 274 g/mol. The molecule has 0 bridgehead atoms. The highest BCUT2D eigenvalue weighted by Gasteiger charge is 2.12. The van der Waals surface area contributed by atoms with Crippen molar-refractivity contribution >= 4 is 17.6 Å². The van der Waals surface area contributed by atoms with Crippen molar-refractivity contribution in [1.82, 2.24) is 4.98 Å².